The van der Waals surface area contributed by atoms with Gasteiger partial charge in [0.15, 0.2) is 0 Å². The third-order valence-electron chi connectivity index (χ3n) is 2.84. The van der Waals surface area contributed by atoms with Crippen LogP contribution >= 0.6 is 15.9 Å². The highest BCUT2D eigenvalue weighted by Gasteiger charge is 2.36. The van der Waals surface area contributed by atoms with Gasteiger partial charge in [-0.15, -0.1) is 0 Å². The number of hydrogen-bond acceptors (Lipinski definition) is 4. The van der Waals surface area contributed by atoms with Crippen LogP contribution in [0.2, 0.25) is 0 Å². The standard InChI is InChI=1S/C12H12BrN3O3/c1-2-8-11(18)15-10(17)6-16(8)12(19)7-4-3-5-9(13)14-7/h3-5,8H,2,6H2,1H3,(H,15,17,18). The summed E-state index contributed by atoms with van der Waals surface area (Å²) in [7, 11) is 0. The maximum absolute atomic E-state index is 12.3. The van der Waals surface area contributed by atoms with Crippen LogP contribution in [-0.2, 0) is 9.59 Å². The molecule has 1 unspecified atom stereocenters. The molecule has 0 bridgehead atoms. The van der Waals surface area contributed by atoms with Gasteiger partial charge in [-0.25, -0.2) is 4.98 Å². The first-order valence-electron chi connectivity index (χ1n) is 5.80. The summed E-state index contributed by atoms with van der Waals surface area (Å²) in [5, 5.41) is 2.23. The monoisotopic (exact) mass is 325 g/mol. The maximum atomic E-state index is 12.3. The van der Waals surface area contributed by atoms with E-state index in [-0.39, 0.29) is 12.2 Å². The lowest BCUT2D eigenvalue weighted by Gasteiger charge is -2.33. The van der Waals surface area contributed by atoms with Crippen molar-refractivity contribution in [1.29, 1.82) is 0 Å². The van der Waals surface area contributed by atoms with Crippen LogP contribution in [-0.4, -0.2) is 40.2 Å². The van der Waals surface area contributed by atoms with Crippen molar-refractivity contribution in [3.8, 4) is 0 Å². The Bertz CT molecular complexity index is 547. The molecule has 0 aromatic carbocycles. The molecule has 19 heavy (non-hydrogen) atoms. The fourth-order valence-electron chi connectivity index (χ4n) is 1.96. The van der Waals surface area contributed by atoms with Crippen molar-refractivity contribution in [1.82, 2.24) is 15.2 Å². The number of imide groups is 1. The molecule has 6 nitrogen and oxygen atoms in total. The maximum Gasteiger partial charge on any atom is 0.273 e. The van der Waals surface area contributed by atoms with Crippen LogP contribution in [0, 0.1) is 0 Å². The summed E-state index contributed by atoms with van der Waals surface area (Å²) in [4.78, 5) is 40.7. The molecular formula is C12H12BrN3O3. The molecule has 7 heteroatoms. The molecule has 0 saturated carbocycles. The summed E-state index contributed by atoms with van der Waals surface area (Å²) in [6, 6.07) is 4.29. The van der Waals surface area contributed by atoms with Gasteiger partial charge in [0.2, 0.25) is 11.8 Å². The first-order chi connectivity index (χ1) is 9.02. The minimum Gasteiger partial charge on any atom is -0.316 e. The van der Waals surface area contributed by atoms with E-state index in [0.717, 1.165) is 0 Å². The molecule has 1 aliphatic heterocycles. The molecule has 2 rings (SSSR count). The Morgan fingerprint density at radius 3 is 2.89 bits per heavy atom. The first kappa shape index (κ1) is 13.7. The van der Waals surface area contributed by atoms with E-state index in [1.165, 1.54) is 4.90 Å². The predicted octanol–water partition coefficient (Wildman–Crippen LogP) is 0.721. The lowest BCUT2D eigenvalue weighted by Crippen LogP contribution is -2.59. The molecule has 1 N–H and O–H groups in total. The highest BCUT2D eigenvalue weighted by Crippen LogP contribution is 2.14. The summed E-state index contributed by atoms with van der Waals surface area (Å²) in [6.45, 7) is 1.66. The van der Waals surface area contributed by atoms with Gasteiger partial charge in [-0.2, -0.15) is 0 Å². The zero-order valence-electron chi connectivity index (χ0n) is 10.2. The average molecular weight is 326 g/mol. The van der Waals surface area contributed by atoms with Crippen molar-refractivity contribution in [3.63, 3.8) is 0 Å². The van der Waals surface area contributed by atoms with Crippen LogP contribution in [0.3, 0.4) is 0 Å². The zero-order valence-corrected chi connectivity index (χ0v) is 11.8. The molecule has 1 aromatic rings. The number of rotatable bonds is 2. The zero-order chi connectivity index (χ0) is 14.0. The second kappa shape index (κ2) is 5.48. The number of halogens is 1. The van der Waals surface area contributed by atoms with Crippen LogP contribution in [0.4, 0.5) is 0 Å². The van der Waals surface area contributed by atoms with Crippen LogP contribution in [0.15, 0.2) is 22.8 Å². The number of nitrogens with one attached hydrogen (secondary N) is 1. The van der Waals surface area contributed by atoms with Crippen molar-refractivity contribution in [3.05, 3.63) is 28.5 Å². The summed E-state index contributed by atoms with van der Waals surface area (Å²) in [5.74, 6) is -1.34. The minimum absolute atomic E-state index is 0.128. The van der Waals surface area contributed by atoms with E-state index in [1.807, 2.05) is 0 Å². The molecule has 0 radical (unpaired) electrons. The number of pyridine rings is 1. The lowest BCUT2D eigenvalue weighted by molar-refractivity contribution is -0.138. The molecule has 3 amide bonds. The lowest BCUT2D eigenvalue weighted by atomic mass is 10.1. The van der Waals surface area contributed by atoms with E-state index in [9.17, 15) is 14.4 Å². The molecule has 1 aromatic heterocycles. The van der Waals surface area contributed by atoms with Crippen molar-refractivity contribution in [2.75, 3.05) is 6.54 Å². The van der Waals surface area contributed by atoms with Gasteiger partial charge < -0.3 is 4.90 Å². The molecule has 2 heterocycles. The predicted molar refractivity (Wildman–Crippen MR) is 70.2 cm³/mol. The third kappa shape index (κ3) is 2.81. The van der Waals surface area contributed by atoms with E-state index >= 15 is 0 Å². The fraction of sp³-hybridized carbons (Fsp3) is 0.333. The molecule has 0 aliphatic carbocycles. The summed E-state index contributed by atoms with van der Waals surface area (Å²) < 4.78 is 0.527. The largest absolute Gasteiger partial charge is 0.316 e. The number of carbonyl (C=O) groups excluding carboxylic acids is 3. The van der Waals surface area contributed by atoms with Gasteiger partial charge >= 0.3 is 0 Å². The van der Waals surface area contributed by atoms with Gasteiger partial charge in [-0.1, -0.05) is 13.0 Å². The van der Waals surface area contributed by atoms with Crippen LogP contribution in [0.1, 0.15) is 23.8 Å². The highest BCUT2D eigenvalue weighted by atomic mass is 79.9. The van der Waals surface area contributed by atoms with Crippen LogP contribution in [0.5, 0.6) is 0 Å². The molecular weight excluding hydrogens is 314 g/mol. The van der Waals surface area contributed by atoms with Gasteiger partial charge in [0, 0.05) is 0 Å². The number of hydrogen-bond donors (Lipinski definition) is 1. The average Bonchev–Trinajstić information content (AvgIpc) is 2.37. The molecule has 1 aliphatic rings. The summed E-state index contributed by atoms with van der Waals surface area (Å²) in [6.07, 6.45) is 0.443. The minimum atomic E-state index is -0.633. The van der Waals surface area contributed by atoms with Gasteiger partial charge in [0.05, 0.1) is 0 Å². The number of aromatic nitrogens is 1. The smallest absolute Gasteiger partial charge is 0.273 e. The van der Waals surface area contributed by atoms with Crippen molar-refractivity contribution in [2.45, 2.75) is 19.4 Å². The van der Waals surface area contributed by atoms with Crippen molar-refractivity contribution >= 4 is 33.7 Å². The Hall–Kier alpha value is -1.76. The second-order valence-electron chi connectivity index (χ2n) is 4.12. The fourth-order valence-corrected chi connectivity index (χ4v) is 2.30. The van der Waals surface area contributed by atoms with E-state index in [1.54, 1.807) is 25.1 Å². The number of carbonyl (C=O) groups is 3. The van der Waals surface area contributed by atoms with Gasteiger partial charge in [-0.3, -0.25) is 19.7 Å². The van der Waals surface area contributed by atoms with E-state index in [0.29, 0.717) is 11.0 Å². The van der Waals surface area contributed by atoms with Crippen LogP contribution < -0.4 is 5.32 Å². The van der Waals surface area contributed by atoms with Gasteiger partial charge in [-0.05, 0) is 34.5 Å². The molecule has 1 saturated heterocycles. The Kier molecular flexibility index (Phi) is 3.94. The highest BCUT2D eigenvalue weighted by molar-refractivity contribution is 9.10. The molecule has 1 atom stereocenters. The Labute approximate surface area is 118 Å². The molecule has 1 fully saturated rings. The van der Waals surface area contributed by atoms with E-state index < -0.39 is 23.8 Å². The topological polar surface area (TPSA) is 79.4 Å². The number of amides is 3. The first-order valence-corrected chi connectivity index (χ1v) is 6.59. The Morgan fingerprint density at radius 1 is 1.53 bits per heavy atom. The van der Waals surface area contributed by atoms with E-state index in [4.69, 9.17) is 0 Å². The Balaban J connectivity index is 2.30. The van der Waals surface area contributed by atoms with Crippen LogP contribution in [0.25, 0.3) is 0 Å². The molecule has 100 valence electrons. The SMILES string of the molecule is CCC1C(=O)NC(=O)CN1C(=O)c1cccc(Br)n1. The second-order valence-corrected chi connectivity index (χ2v) is 4.93. The number of nitrogens with zero attached hydrogens (tertiary/aromatic N) is 2. The van der Waals surface area contributed by atoms with Gasteiger partial charge in [0.1, 0.15) is 22.9 Å². The van der Waals surface area contributed by atoms with Gasteiger partial charge in [0.25, 0.3) is 5.91 Å². The van der Waals surface area contributed by atoms with E-state index in [2.05, 4.69) is 26.2 Å². The Morgan fingerprint density at radius 2 is 2.26 bits per heavy atom. The van der Waals surface area contributed by atoms with Crippen molar-refractivity contribution < 1.29 is 14.4 Å². The molecule has 0 spiro atoms. The van der Waals surface area contributed by atoms with Crippen molar-refractivity contribution in [2.24, 2.45) is 0 Å². The summed E-state index contributed by atoms with van der Waals surface area (Å²) in [5.41, 5.74) is 0.204. The summed E-state index contributed by atoms with van der Waals surface area (Å²) >= 11 is 3.18. The third-order valence-corrected chi connectivity index (χ3v) is 3.28. The number of piperazine rings is 1. The quantitative estimate of drug-likeness (QED) is 0.642. The normalized spacial score (nSPS) is 19.3.